The van der Waals surface area contributed by atoms with Crippen molar-refractivity contribution in [2.45, 2.75) is 23.6 Å². The summed E-state index contributed by atoms with van der Waals surface area (Å²) in [6.07, 6.45) is 0. The van der Waals surface area contributed by atoms with Gasteiger partial charge in [-0.3, -0.25) is 9.27 Å². The quantitative estimate of drug-likeness (QED) is 0.197. The molecular weight excluding hydrogens is 529 g/mol. The van der Waals surface area contributed by atoms with Gasteiger partial charge in [-0.25, -0.2) is 13.1 Å². The van der Waals surface area contributed by atoms with E-state index in [0.717, 1.165) is 16.8 Å². The van der Waals surface area contributed by atoms with Gasteiger partial charge >= 0.3 is 29.6 Å². The molecule has 1 heterocycles. The van der Waals surface area contributed by atoms with Crippen LogP contribution < -0.4 is 39.4 Å². The molecule has 4 rings (SSSR count). The summed E-state index contributed by atoms with van der Waals surface area (Å²) in [4.78, 5) is -0.314. The maximum Gasteiger partial charge on any atom is 1.00 e. The van der Waals surface area contributed by atoms with E-state index in [1.165, 1.54) is 18.2 Å². The number of benzene rings is 3. The first-order valence-electron chi connectivity index (χ1n) is 10.4. The zero-order valence-electron chi connectivity index (χ0n) is 20.0. The number of hydrogen-bond acceptors (Lipinski definition) is 8. The van der Waals surface area contributed by atoms with Gasteiger partial charge in [-0.05, 0) is 67.9 Å². The van der Waals surface area contributed by atoms with Crippen molar-refractivity contribution in [3.8, 4) is 11.6 Å². The van der Waals surface area contributed by atoms with E-state index in [9.17, 15) is 21.9 Å². The molecule has 0 radical (unpaired) electrons. The Morgan fingerprint density at radius 1 is 0.919 bits per heavy atom. The Kier molecular flexibility index (Phi) is 8.57. The fourth-order valence-electron chi connectivity index (χ4n) is 3.31. The fourth-order valence-corrected chi connectivity index (χ4v) is 5.12. The van der Waals surface area contributed by atoms with Crippen LogP contribution in [0, 0.1) is 13.8 Å². The molecule has 0 saturated carbocycles. The molecular formula is C23H20N5NaO6S2. The number of aryl methyl sites for hydroxylation is 2. The maximum atomic E-state index is 12.9. The molecule has 0 aliphatic carbocycles. The molecule has 1 aromatic heterocycles. The van der Waals surface area contributed by atoms with E-state index < -0.39 is 26.0 Å². The van der Waals surface area contributed by atoms with Gasteiger partial charge in [0.15, 0.2) is 0 Å². The third-order valence-electron chi connectivity index (χ3n) is 5.12. The van der Waals surface area contributed by atoms with Crippen LogP contribution in [0.5, 0.6) is 5.88 Å². The summed E-state index contributed by atoms with van der Waals surface area (Å²) >= 11 is 0. The van der Waals surface area contributed by atoms with Crippen LogP contribution in [0.3, 0.4) is 0 Å². The van der Waals surface area contributed by atoms with Gasteiger partial charge in [0, 0.05) is 11.6 Å². The summed E-state index contributed by atoms with van der Waals surface area (Å²) in [5, 5.41) is 25.0. The molecule has 4 aromatic rings. The fraction of sp³-hybridized carbons (Fsp3) is 0.0870. The molecule has 0 fully saturated rings. The third-order valence-corrected chi connectivity index (χ3v) is 7.51. The van der Waals surface area contributed by atoms with Gasteiger partial charge < -0.3 is 5.11 Å². The summed E-state index contributed by atoms with van der Waals surface area (Å²) in [6.45, 7) is 3.20. The molecule has 0 amide bonds. The second kappa shape index (κ2) is 11.1. The average Bonchev–Trinajstić information content (AvgIpc) is 3.11. The van der Waals surface area contributed by atoms with E-state index in [0.29, 0.717) is 11.3 Å². The van der Waals surface area contributed by atoms with E-state index >= 15 is 0 Å². The number of nitrogens with one attached hydrogen (secondary N) is 1. The van der Waals surface area contributed by atoms with E-state index in [1.54, 1.807) is 56.3 Å². The van der Waals surface area contributed by atoms with Crippen molar-refractivity contribution in [1.29, 1.82) is 0 Å². The Bertz CT molecular complexity index is 1670. The predicted molar refractivity (Wildman–Crippen MR) is 130 cm³/mol. The Hall–Kier alpha value is -3.07. The van der Waals surface area contributed by atoms with Crippen LogP contribution in [-0.4, -0.2) is 31.2 Å². The van der Waals surface area contributed by atoms with Crippen LogP contribution in [0.25, 0.3) is 5.69 Å². The van der Waals surface area contributed by atoms with Crippen LogP contribution >= 0.6 is 0 Å². The molecule has 0 spiro atoms. The molecule has 0 unspecified atom stereocenters. The number of rotatable bonds is 7. The van der Waals surface area contributed by atoms with Crippen molar-refractivity contribution in [1.82, 2.24) is 9.78 Å². The zero-order valence-corrected chi connectivity index (χ0v) is 23.7. The minimum absolute atomic E-state index is 0. The zero-order chi connectivity index (χ0) is 26.1. The first kappa shape index (κ1) is 28.5. The number of anilines is 1. The number of sulfonamides is 1. The Balaban J connectivity index is 0.00000380. The topological polar surface area (TPSA) is 166 Å². The summed E-state index contributed by atoms with van der Waals surface area (Å²) in [5.74, 6) is -0.610. The number of para-hydroxylation sites is 1. The van der Waals surface area contributed by atoms with E-state index in [-0.39, 0.29) is 62.1 Å². The largest absolute Gasteiger partial charge is 1.00 e. The predicted octanol–water partition coefficient (Wildman–Crippen LogP) is 1.03. The molecule has 3 aromatic carbocycles. The van der Waals surface area contributed by atoms with Gasteiger partial charge in [-0.2, -0.15) is 18.6 Å². The van der Waals surface area contributed by atoms with Crippen LogP contribution in [0.1, 0.15) is 11.3 Å². The second-order valence-corrected chi connectivity index (χ2v) is 10.8. The first-order chi connectivity index (χ1) is 17.0. The van der Waals surface area contributed by atoms with Crippen molar-refractivity contribution < 1.29 is 56.1 Å². The van der Waals surface area contributed by atoms with Gasteiger partial charge in [0.25, 0.3) is 20.1 Å². The summed E-state index contributed by atoms with van der Waals surface area (Å²) in [7, 11) is -8.28. The van der Waals surface area contributed by atoms with Gasteiger partial charge in [-0.15, -0.1) is 5.11 Å². The molecule has 0 saturated heterocycles. The van der Waals surface area contributed by atoms with Gasteiger partial charge in [0.2, 0.25) is 0 Å². The van der Waals surface area contributed by atoms with Crippen LogP contribution in [0.4, 0.5) is 17.1 Å². The molecule has 0 aliphatic heterocycles. The summed E-state index contributed by atoms with van der Waals surface area (Å²) in [5.41, 5.74) is 1.56. The Morgan fingerprint density at radius 2 is 1.57 bits per heavy atom. The normalized spacial score (nSPS) is 11.9. The number of aromatic nitrogens is 2. The van der Waals surface area contributed by atoms with Crippen molar-refractivity contribution in [2.24, 2.45) is 10.2 Å². The third kappa shape index (κ3) is 6.44. The summed E-state index contributed by atoms with van der Waals surface area (Å²) in [6, 6.07) is 17.9. The van der Waals surface area contributed by atoms with Crippen LogP contribution in [-0.2, 0) is 20.1 Å². The number of azo groups is 1. The minimum atomic E-state index is -4.38. The SMILES string of the molecule is Cc1ccc(N=Nc2c(C)nn(-c3ccc(S(=O)(=O)O)cc3)c2[O-])cc1S(=O)(=O)Nc1ccccc1.[Na+]. The molecule has 186 valence electrons. The van der Waals surface area contributed by atoms with Gasteiger partial charge in [-0.1, -0.05) is 24.3 Å². The average molecular weight is 550 g/mol. The molecule has 37 heavy (non-hydrogen) atoms. The molecule has 0 atom stereocenters. The second-order valence-electron chi connectivity index (χ2n) is 7.74. The van der Waals surface area contributed by atoms with Crippen molar-refractivity contribution in [3.63, 3.8) is 0 Å². The number of nitrogens with zero attached hydrogens (tertiary/aromatic N) is 4. The Morgan fingerprint density at radius 3 is 2.19 bits per heavy atom. The molecule has 0 bridgehead atoms. The van der Waals surface area contributed by atoms with Crippen molar-refractivity contribution in [3.05, 3.63) is 84.1 Å². The van der Waals surface area contributed by atoms with Crippen LogP contribution in [0.15, 0.2) is 92.8 Å². The van der Waals surface area contributed by atoms with Gasteiger partial charge in [0.1, 0.15) is 5.69 Å². The first-order valence-corrected chi connectivity index (χ1v) is 13.3. The number of hydrogen-bond donors (Lipinski definition) is 2. The molecule has 2 N–H and O–H groups in total. The van der Waals surface area contributed by atoms with E-state index in [4.69, 9.17) is 4.55 Å². The van der Waals surface area contributed by atoms with Crippen molar-refractivity contribution >= 4 is 37.2 Å². The standard InChI is InChI=1S/C23H21N5O6S2.Na/c1-15-8-9-18(14-21(15)35(30,31)27-17-6-4-3-5-7-17)24-25-22-16(2)26-28(23(22)29)19-10-12-20(13-11-19)36(32,33)34;/h3-14,27,29H,1-2H3,(H,32,33,34);/q;+1/p-1. The van der Waals surface area contributed by atoms with Crippen LogP contribution in [0.2, 0.25) is 0 Å². The van der Waals surface area contributed by atoms with E-state index in [1.807, 2.05) is 0 Å². The van der Waals surface area contributed by atoms with Gasteiger partial charge in [0.05, 0.1) is 26.9 Å². The maximum absolute atomic E-state index is 12.9. The van der Waals surface area contributed by atoms with Crippen molar-refractivity contribution in [2.75, 3.05) is 4.72 Å². The van der Waals surface area contributed by atoms with E-state index in [2.05, 4.69) is 20.0 Å². The molecule has 0 aliphatic rings. The summed E-state index contributed by atoms with van der Waals surface area (Å²) < 4.78 is 60.9. The minimum Gasteiger partial charge on any atom is -0.857 e. The molecule has 11 nitrogen and oxygen atoms in total. The monoisotopic (exact) mass is 549 g/mol. The smallest absolute Gasteiger partial charge is 0.857 e. The molecule has 14 heteroatoms. The Labute approximate surface area is 236 Å².